The number of aldehydes is 1. The zero-order chi connectivity index (χ0) is 25.2. The molecule has 0 atom stereocenters. The lowest BCUT2D eigenvalue weighted by Gasteiger charge is -2.18. The molecular weight excluding hydrogens is 472 g/mol. The second kappa shape index (κ2) is 12.3. The topological polar surface area (TPSA) is 146 Å². The van der Waals surface area contributed by atoms with E-state index in [0.29, 0.717) is 22.2 Å². The normalized spacial score (nSPS) is 10.9. The summed E-state index contributed by atoms with van der Waals surface area (Å²) in [6.45, 7) is 12.6. The van der Waals surface area contributed by atoms with Crippen LogP contribution in [0.15, 0.2) is 10.8 Å². The van der Waals surface area contributed by atoms with Crippen LogP contribution in [0.5, 0.6) is 0 Å². The van der Waals surface area contributed by atoms with Crippen molar-refractivity contribution in [1.29, 1.82) is 0 Å². The fourth-order valence-corrected chi connectivity index (χ4v) is 3.12. The van der Waals surface area contributed by atoms with Gasteiger partial charge >= 0.3 is 18.2 Å². The van der Waals surface area contributed by atoms with Crippen LogP contribution in [0.4, 0.5) is 19.9 Å². The predicted octanol–water partition coefficient (Wildman–Crippen LogP) is 4.97. The second-order valence-corrected chi connectivity index (χ2v) is 9.92. The number of hydrogen-bond acceptors (Lipinski definition) is 11. The van der Waals surface area contributed by atoms with Crippen LogP contribution in [0.3, 0.4) is 0 Å². The number of carbonyl (C=O) groups is 4. The number of carbonyl (C=O) groups excluding carboxylic acids is 4. The van der Waals surface area contributed by atoms with E-state index in [9.17, 15) is 19.2 Å². The first kappa shape index (κ1) is 28.0. The molecule has 13 heteroatoms. The number of rotatable bonds is 5. The molecular formula is C20H28N4O7S2. The maximum atomic E-state index is 11.5. The van der Waals surface area contributed by atoms with Gasteiger partial charge in [0, 0.05) is 10.8 Å². The van der Waals surface area contributed by atoms with Gasteiger partial charge < -0.3 is 14.2 Å². The zero-order valence-electron chi connectivity index (χ0n) is 19.5. The Kier molecular flexibility index (Phi) is 10.4. The molecule has 0 saturated carbocycles. The quantitative estimate of drug-likeness (QED) is 0.330. The summed E-state index contributed by atoms with van der Waals surface area (Å²) in [6.07, 6.45) is -0.557. The third kappa shape index (κ3) is 11.9. The van der Waals surface area contributed by atoms with Crippen molar-refractivity contribution in [1.82, 2.24) is 9.97 Å². The van der Waals surface area contributed by atoms with Crippen molar-refractivity contribution in [3.63, 3.8) is 0 Å². The highest BCUT2D eigenvalue weighted by molar-refractivity contribution is 7.14. The molecule has 2 heterocycles. The van der Waals surface area contributed by atoms with Crippen LogP contribution >= 0.6 is 22.7 Å². The summed E-state index contributed by atoms with van der Waals surface area (Å²) < 4.78 is 14.9. The SMILES string of the molecule is CC(C)(C)OC(=O)Nc1nc(C=O)cs1.CCOC(=O)c1csc(NC(=O)OC(C)(C)C)n1. The Balaban J connectivity index is 0.000000335. The summed E-state index contributed by atoms with van der Waals surface area (Å²) in [5.74, 6) is -0.508. The first-order chi connectivity index (χ1) is 15.2. The lowest BCUT2D eigenvalue weighted by atomic mass is 10.2. The first-order valence-corrected chi connectivity index (χ1v) is 11.5. The fraction of sp³-hybridized carbons (Fsp3) is 0.500. The molecule has 2 aromatic heterocycles. The Bertz CT molecular complexity index is 958. The van der Waals surface area contributed by atoms with Gasteiger partial charge in [0.2, 0.25) is 0 Å². The van der Waals surface area contributed by atoms with Crippen LogP contribution in [0.1, 0.15) is 69.4 Å². The van der Waals surface area contributed by atoms with E-state index in [0.717, 1.165) is 11.3 Å². The molecule has 2 rings (SSSR count). The van der Waals surface area contributed by atoms with Crippen LogP contribution in [0.2, 0.25) is 0 Å². The maximum Gasteiger partial charge on any atom is 0.413 e. The number of ether oxygens (including phenoxy) is 3. The van der Waals surface area contributed by atoms with Crippen molar-refractivity contribution < 1.29 is 33.4 Å². The van der Waals surface area contributed by atoms with Crippen molar-refractivity contribution >= 4 is 57.4 Å². The van der Waals surface area contributed by atoms with Crippen LogP contribution in [-0.2, 0) is 14.2 Å². The van der Waals surface area contributed by atoms with Gasteiger partial charge in [0.05, 0.1) is 6.61 Å². The molecule has 0 saturated heterocycles. The lowest BCUT2D eigenvalue weighted by Crippen LogP contribution is -2.27. The molecule has 0 spiro atoms. The van der Waals surface area contributed by atoms with E-state index in [1.165, 1.54) is 16.7 Å². The Morgan fingerprint density at radius 2 is 1.39 bits per heavy atom. The number of esters is 1. The summed E-state index contributed by atoms with van der Waals surface area (Å²) in [7, 11) is 0. The highest BCUT2D eigenvalue weighted by Crippen LogP contribution is 2.18. The molecule has 2 aromatic rings. The van der Waals surface area contributed by atoms with Crippen LogP contribution in [0.25, 0.3) is 0 Å². The Hall–Kier alpha value is -3.06. The minimum atomic E-state index is -0.604. The minimum Gasteiger partial charge on any atom is -0.461 e. The number of aromatic nitrogens is 2. The fourth-order valence-electron chi connectivity index (χ4n) is 1.81. The molecule has 0 bridgehead atoms. The molecule has 0 radical (unpaired) electrons. The Labute approximate surface area is 199 Å². The van der Waals surface area contributed by atoms with Gasteiger partial charge in [-0.05, 0) is 48.5 Å². The average molecular weight is 501 g/mol. The van der Waals surface area contributed by atoms with Crippen molar-refractivity contribution in [2.45, 2.75) is 59.7 Å². The van der Waals surface area contributed by atoms with Crippen molar-refractivity contribution in [3.8, 4) is 0 Å². The van der Waals surface area contributed by atoms with E-state index in [4.69, 9.17) is 14.2 Å². The van der Waals surface area contributed by atoms with Gasteiger partial charge in [-0.2, -0.15) is 0 Å². The number of nitrogens with zero attached hydrogens (tertiary/aromatic N) is 2. The highest BCUT2D eigenvalue weighted by Gasteiger charge is 2.19. The third-order valence-corrected chi connectivity index (χ3v) is 4.38. The number of amides is 2. The molecule has 2 amide bonds. The van der Waals surface area contributed by atoms with E-state index in [1.54, 1.807) is 53.8 Å². The van der Waals surface area contributed by atoms with E-state index in [1.807, 2.05) is 0 Å². The molecule has 33 heavy (non-hydrogen) atoms. The summed E-state index contributed by atoms with van der Waals surface area (Å²) in [6, 6.07) is 0. The third-order valence-electron chi connectivity index (χ3n) is 2.85. The second-order valence-electron chi connectivity index (χ2n) is 8.21. The van der Waals surface area contributed by atoms with Crippen LogP contribution in [-0.4, -0.2) is 52.2 Å². The first-order valence-electron chi connectivity index (χ1n) is 9.75. The van der Waals surface area contributed by atoms with Gasteiger partial charge in [-0.15, -0.1) is 22.7 Å². The van der Waals surface area contributed by atoms with Gasteiger partial charge in [0.15, 0.2) is 22.2 Å². The van der Waals surface area contributed by atoms with Crippen LogP contribution in [0, 0.1) is 0 Å². The summed E-state index contributed by atoms with van der Waals surface area (Å²) in [5, 5.41) is 8.62. The maximum absolute atomic E-state index is 11.5. The minimum absolute atomic E-state index is 0.174. The molecule has 0 aliphatic carbocycles. The van der Waals surface area contributed by atoms with Crippen molar-refractivity contribution in [2.75, 3.05) is 17.2 Å². The predicted molar refractivity (Wildman–Crippen MR) is 125 cm³/mol. The van der Waals surface area contributed by atoms with Crippen LogP contribution < -0.4 is 10.6 Å². The Morgan fingerprint density at radius 3 is 1.82 bits per heavy atom. The zero-order valence-corrected chi connectivity index (χ0v) is 21.1. The van der Waals surface area contributed by atoms with Gasteiger partial charge in [0.1, 0.15) is 16.9 Å². The summed E-state index contributed by atoms with van der Waals surface area (Å²) in [4.78, 5) is 52.2. The van der Waals surface area contributed by atoms with Gasteiger partial charge in [0.25, 0.3) is 0 Å². The van der Waals surface area contributed by atoms with E-state index < -0.39 is 29.4 Å². The number of anilines is 2. The van der Waals surface area contributed by atoms with Gasteiger partial charge in [-0.25, -0.2) is 24.4 Å². The number of nitrogens with one attached hydrogen (secondary N) is 2. The standard InChI is InChI=1S/C11H16N2O4S.C9H12N2O3S/c1-5-16-8(14)7-6-18-9(12-7)13-10(15)17-11(2,3)4;1-9(2,3)14-8(13)11-7-10-6(4-12)5-15-7/h6H,5H2,1-4H3,(H,12,13,15);4-5H,1-3H3,(H,10,11,13). The highest BCUT2D eigenvalue weighted by atomic mass is 32.1. The number of thiazole rings is 2. The lowest BCUT2D eigenvalue weighted by molar-refractivity contribution is 0.0518. The summed E-state index contributed by atoms with van der Waals surface area (Å²) in [5.41, 5.74) is -0.654. The van der Waals surface area contributed by atoms with Gasteiger partial charge in [-0.1, -0.05) is 0 Å². The smallest absolute Gasteiger partial charge is 0.413 e. The number of hydrogen-bond donors (Lipinski definition) is 2. The monoisotopic (exact) mass is 500 g/mol. The van der Waals surface area contributed by atoms with Gasteiger partial charge in [-0.3, -0.25) is 15.4 Å². The van der Waals surface area contributed by atoms with Crippen molar-refractivity contribution in [3.05, 3.63) is 22.1 Å². The molecule has 0 aliphatic heterocycles. The Morgan fingerprint density at radius 1 is 0.909 bits per heavy atom. The molecule has 182 valence electrons. The van der Waals surface area contributed by atoms with Crippen molar-refractivity contribution in [2.24, 2.45) is 0 Å². The summed E-state index contributed by atoms with van der Waals surface area (Å²) >= 11 is 2.31. The molecule has 2 N–H and O–H groups in total. The average Bonchev–Trinajstić information content (AvgIpc) is 3.28. The molecule has 0 aromatic carbocycles. The molecule has 0 fully saturated rings. The molecule has 0 unspecified atom stereocenters. The van der Waals surface area contributed by atoms with E-state index >= 15 is 0 Å². The largest absolute Gasteiger partial charge is 0.461 e. The molecule has 0 aliphatic rings. The van der Waals surface area contributed by atoms with E-state index in [-0.39, 0.29) is 12.3 Å². The van der Waals surface area contributed by atoms with E-state index in [2.05, 4.69) is 20.6 Å². The molecule has 11 nitrogen and oxygen atoms in total.